The number of nitrogens with one attached hydrogen (secondary N) is 1. The molecule has 2 aromatic heterocycles. The Labute approximate surface area is 115 Å². The minimum absolute atomic E-state index is 0.0857. The summed E-state index contributed by atoms with van der Waals surface area (Å²) < 4.78 is 1.72. The molecule has 0 radical (unpaired) electrons. The summed E-state index contributed by atoms with van der Waals surface area (Å²) >= 11 is 0. The van der Waals surface area contributed by atoms with Crippen molar-refractivity contribution in [2.45, 2.75) is 13.3 Å². The smallest absolute Gasteiger partial charge is 0.225 e. The Morgan fingerprint density at radius 2 is 2.05 bits per heavy atom. The fraction of sp³-hybridized carbons (Fsp3) is 0.143. The number of amides is 1. The molecule has 0 saturated heterocycles. The van der Waals surface area contributed by atoms with Crippen molar-refractivity contribution in [2.75, 3.05) is 5.32 Å². The van der Waals surface area contributed by atoms with Gasteiger partial charge in [-0.1, -0.05) is 25.1 Å². The maximum absolute atomic E-state index is 11.5. The standard InChI is InChI=1S/C14H13N5O/c1-2-12(20)18-13-11-8-17-19(14(11)16-9-15-13)10-6-4-3-5-7-10/h3-9H,2H2,1H3,(H,15,16,18,20). The van der Waals surface area contributed by atoms with Gasteiger partial charge in [-0.05, 0) is 12.1 Å². The minimum atomic E-state index is -0.0857. The van der Waals surface area contributed by atoms with Crippen LogP contribution in [0.4, 0.5) is 5.82 Å². The van der Waals surface area contributed by atoms with Gasteiger partial charge in [-0.15, -0.1) is 0 Å². The number of para-hydroxylation sites is 1. The van der Waals surface area contributed by atoms with E-state index in [9.17, 15) is 4.79 Å². The average molecular weight is 267 g/mol. The highest BCUT2D eigenvalue weighted by Gasteiger charge is 2.12. The van der Waals surface area contributed by atoms with Gasteiger partial charge in [0, 0.05) is 6.42 Å². The highest BCUT2D eigenvalue weighted by molar-refractivity contribution is 5.98. The Bertz CT molecular complexity index is 751. The third-order valence-corrected chi connectivity index (χ3v) is 2.95. The minimum Gasteiger partial charge on any atom is -0.310 e. The van der Waals surface area contributed by atoms with Gasteiger partial charge in [0.25, 0.3) is 0 Å². The van der Waals surface area contributed by atoms with E-state index in [0.29, 0.717) is 17.9 Å². The van der Waals surface area contributed by atoms with Gasteiger partial charge in [0.05, 0.1) is 17.3 Å². The van der Waals surface area contributed by atoms with Gasteiger partial charge in [0.15, 0.2) is 5.65 Å². The molecular formula is C14H13N5O. The van der Waals surface area contributed by atoms with E-state index in [0.717, 1.165) is 11.1 Å². The van der Waals surface area contributed by atoms with Crippen molar-refractivity contribution in [3.63, 3.8) is 0 Å². The van der Waals surface area contributed by atoms with Gasteiger partial charge in [0.2, 0.25) is 5.91 Å². The molecule has 20 heavy (non-hydrogen) atoms. The molecule has 1 aromatic carbocycles. The zero-order valence-corrected chi connectivity index (χ0v) is 10.9. The summed E-state index contributed by atoms with van der Waals surface area (Å²) in [7, 11) is 0. The number of anilines is 1. The normalized spacial score (nSPS) is 10.7. The molecule has 100 valence electrons. The summed E-state index contributed by atoms with van der Waals surface area (Å²) in [6, 6.07) is 9.70. The topological polar surface area (TPSA) is 72.7 Å². The van der Waals surface area contributed by atoms with Crippen LogP contribution in [0, 0.1) is 0 Å². The van der Waals surface area contributed by atoms with Crippen molar-refractivity contribution in [1.82, 2.24) is 19.7 Å². The van der Waals surface area contributed by atoms with Crippen molar-refractivity contribution in [1.29, 1.82) is 0 Å². The largest absolute Gasteiger partial charge is 0.310 e. The predicted octanol–water partition coefficient (Wildman–Crippen LogP) is 2.16. The van der Waals surface area contributed by atoms with E-state index in [2.05, 4.69) is 20.4 Å². The first-order valence-corrected chi connectivity index (χ1v) is 6.33. The van der Waals surface area contributed by atoms with Gasteiger partial charge in [-0.3, -0.25) is 4.79 Å². The Balaban J connectivity index is 2.10. The Morgan fingerprint density at radius 1 is 1.25 bits per heavy atom. The van der Waals surface area contributed by atoms with Crippen LogP contribution in [0.25, 0.3) is 16.7 Å². The Kier molecular flexibility index (Phi) is 3.12. The van der Waals surface area contributed by atoms with Crippen LogP contribution in [0.5, 0.6) is 0 Å². The van der Waals surface area contributed by atoms with E-state index >= 15 is 0 Å². The van der Waals surface area contributed by atoms with Crippen LogP contribution in [-0.4, -0.2) is 25.7 Å². The third kappa shape index (κ3) is 2.11. The zero-order chi connectivity index (χ0) is 13.9. The number of rotatable bonds is 3. The number of nitrogens with zero attached hydrogens (tertiary/aromatic N) is 4. The molecule has 6 nitrogen and oxygen atoms in total. The number of carbonyl (C=O) groups excluding carboxylic acids is 1. The van der Waals surface area contributed by atoms with Crippen molar-refractivity contribution in [3.8, 4) is 5.69 Å². The molecule has 0 bridgehead atoms. The molecule has 0 atom stereocenters. The second-order valence-corrected chi connectivity index (χ2v) is 4.25. The molecule has 2 heterocycles. The fourth-order valence-corrected chi connectivity index (χ4v) is 1.92. The van der Waals surface area contributed by atoms with Crippen molar-refractivity contribution < 1.29 is 4.79 Å². The molecule has 1 amide bonds. The quantitative estimate of drug-likeness (QED) is 0.789. The number of hydrogen-bond donors (Lipinski definition) is 1. The lowest BCUT2D eigenvalue weighted by Crippen LogP contribution is -2.11. The maximum atomic E-state index is 11.5. The summed E-state index contributed by atoms with van der Waals surface area (Å²) in [5, 5.41) is 7.80. The summed E-state index contributed by atoms with van der Waals surface area (Å²) in [5.74, 6) is 0.404. The molecular weight excluding hydrogens is 254 g/mol. The molecule has 3 aromatic rings. The van der Waals surface area contributed by atoms with Gasteiger partial charge < -0.3 is 5.32 Å². The summed E-state index contributed by atoms with van der Waals surface area (Å²) in [4.78, 5) is 19.9. The lowest BCUT2D eigenvalue weighted by molar-refractivity contribution is -0.115. The third-order valence-electron chi connectivity index (χ3n) is 2.95. The molecule has 3 rings (SSSR count). The van der Waals surface area contributed by atoms with Gasteiger partial charge in [0.1, 0.15) is 12.1 Å². The number of hydrogen-bond acceptors (Lipinski definition) is 4. The van der Waals surface area contributed by atoms with E-state index in [4.69, 9.17) is 0 Å². The molecule has 0 fully saturated rings. The second-order valence-electron chi connectivity index (χ2n) is 4.25. The summed E-state index contributed by atoms with van der Waals surface area (Å²) in [6.45, 7) is 1.79. The van der Waals surface area contributed by atoms with Crippen LogP contribution in [0.15, 0.2) is 42.9 Å². The van der Waals surface area contributed by atoms with E-state index < -0.39 is 0 Å². The lowest BCUT2D eigenvalue weighted by Gasteiger charge is -2.04. The number of aromatic nitrogens is 4. The number of fused-ring (bicyclic) bond motifs is 1. The van der Waals surface area contributed by atoms with E-state index in [1.54, 1.807) is 17.8 Å². The Hall–Kier alpha value is -2.76. The van der Waals surface area contributed by atoms with Crippen molar-refractivity contribution in [3.05, 3.63) is 42.9 Å². The molecule has 0 unspecified atom stereocenters. The first-order valence-electron chi connectivity index (χ1n) is 6.33. The van der Waals surface area contributed by atoms with Crippen LogP contribution in [-0.2, 0) is 4.79 Å². The van der Waals surface area contributed by atoms with Gasteiger partial charge in [-0.25, -0.2) is 14.6 Å². The molecule has 0 aliphatic carbocycles. The summed E-state index contributed by atoms with van der Waals surface area (Å²) in [5.41, 5.74) is 1.58. The average Bonchev–Trinajstić information content (AvgIpc) is 2.93. The van der Waals surface area contributed by atoms with Gasteiger partial charge >= 0.3 is 0 Å². The monoisotopic (exact) mass is 267 g/mol. The zero-order valence-electron chi connectivity index (χ0n) is 10.9. The number of carbonyl (C=O) groups is 1. The molecule has 0 aliphatic rings. The SMILES string of the molecule is CCC(=O)Nc1ncnc2c1cnn2-c1ccccc1. The first-order chi connectivity index (χ1) is 9.79. The van der Waals surface area contributed by atoms with E-state index in [-0.39, 0.29) is 5.91 Å². The molecule has 0 spiro atoms. The number of benzene rings is 1. The van der Waals surface area contributed by atoms with Crippen LogP contribution in [0.3, 0.4) is 0 Å². The molecule has 0 saturated carbocycles. The van der Waals surface area contributed by atoms with Crippen LogP contribution >= 0.6 is 0 Å². The second kappa shape index (κ2) is 5.08. The highest BCUT2D eigenvalue weighted by atomic mass is 16.1. The fourth-order valence-electron chi connectivity index (χ4n) is 1.92. The highest BCUT2D eigenvalue weighted by Crippen LogP contribution is 2.21. The summed E-state index contributed by atoms with van der Waals surface area (Å²) in [6.07, 6.45) is 3.49. The van der Waals surface area contributed by atoms with Gasteiger partial charge in [-0.2, -0.15) is 5.10 Å². The molecule has 1 N–H and O–H groups in total. The lowest BCUT2D eigenvalue weighted by atomic mass is 10.3. The predicted molar refractivity (Wildman–Crippen MR) is 75.6 cm³/mol. The molecule has 0 aliphatic heterocycles. The van der Waals surface area contributed by atoms with Crippen LogP contribution < -0.4 is 5.32 Å². The molecule has 6 heteroatoms. The maximum Gasteiger partial charge on any atom is 0.225 e. The van der Waals surface area contributed by atoms with E-state index in [1.165, 1.54) is 6.33 Å². The van der Waals surface area contributed by atoms with Crippen molar-refractivity contribution in [2.24, 2.45) is 0 Å². The Morgan fingerprint density at radius 3 is 2.80 bits per heavy atom. The van der Waals surface area contributed by atoms with Crippen LogP contribution in [0.2, 0.25) is 0 Å². The van der Waals surface area contributed by atoms with E-state index in [1.807, 2.05) is 30.3 Å². The van der Waals surface area contributed by atoms with Crippen molar-refractivity contribution >= 4 is 22.8 Å². The first kappa shape index (κ1) is 12.3. The van der Waals surface area contributed by atoms with Crippen LogP contribution in [0.1, 0.15) is 13.3 Å².